The molecule has 4 aromatic carbocycles. The Morgan fingerprint density at radius 2 is 1.34 bits per heavy atom. The van der Waals surface area contributed by atoms with Crippen molar-refractivity contribution in [3.8, 4) is 0 Å². The number of nitrogens with one attached hydrogen (secondary N) is 1. The summed E-state index contributed by atoms with van der Waals surface area (Å²) in [6.45, 7) is 1.54. The van der Waals surface area contributed by atoms with Crippen LogP contribution < -0.4 is 9.62 Å². The van der Waals surface area contributed by atoms with E-state index < -0.39 is 34.3 Å². The minimum absolute atomic E-state index is 0.103. The quantitative estimate of drug-likeness (QED) is 0.369. The molecule has 0 radical (unpaired) electrons. The van der Waals surface area contributed by atoms with E-state index >= 15 is 0 Å². The molecule has 0 fully saturated rings. The van der Waals surface area contributed by atoms with Gasteiger partial charge in [-0.25, -0.2) is 12.8 Å². The van der Waals surface area contributed by atoms with Crippen LogP contribution in [-0.2, 0) is 14.8 Å². The van der Waals surface area contributed by atoms with E-state index in [4.69, 9.17) is 0 Å². The minimum Gasteiger partial charge on any atom is -0.344 e. The molecular formula is C28H25FN2O3S. The molecule has 0 aromatic heterocycles. The van der Waals surface area contributed by atoms with Gasteiger partial charge in [0, 0.05) is 0 Å². The number of benzene rings is 4. The van der Waals surface area contributed by atoms with Gasteiger partial charge in [-0.15, -0.1) is 0 Å². The molecule has 5 nitrogen and oxygen atoms in total. The van der Waals surface area contributed by atoms with Gasteiger partial charge in [0.1, 0.15) is 12.4 Å². The molecular weight excluding hydrogens is 463 g/mol. The summed E-state index contributed by atoms with van der Waals surface area (Å²) in [4.78, 5) is 13.2. The second-order valence-electron chi connectivity index (χ2n) is 8.12. The number of aryl methyl sites for hydroxylation is 1. The molecule has 0 heterocycles. The third-order valence-corrected chi connectivity index (χ3v) is 7.37. The average molecular weight is 489 g/mol. The van der Waals surface area contributed by atoms with Gasteiger partial charge in [0.2, 0.25) is 5.91 Å². The summed E-state index contributed by atoms with van der Waals surface area (Å²) in [5.41, 5.74) is 3.17. The molecule has 178 valence electrons. The van der Waals surface area contributed by atoms with E-state index in [0.717, 1.165) is 33.1 Å². The lowest BCUT2D eigenvalue weighted by atomic mass is 9.98. The van der Waals surface area contributed by atoms with Crippen molar-refractivity contribution in [2.75, 3.05) is 10.8 Å². The molecule has 0 bridgehead atoms. The van der Waals surface area contributed by atoms with Crippen molar-refractivity contribution in [1.29, 1.82) is 0 Å². The molecule has 35 heavy (non-hydrogen) atoms. The number of hydrogen-bond acceptors (Lipinski definition) is 3. The molecule has 0 saturated heterocycles. The number of nitrogens with zero attached hydrogens (tertiary/aromatic N) is 1. The summed E-state index contributed by atoms with van der Waals surface area (Å²) in [5, 5.41) is 3.00. The first-order valence-corrected chi connectivity index (χ1v) is 12.5. The Bertz CT molecular complexity index is 1380. The molecule has 1 atom stereocenters. The Labute approximate surface area is 204 Å². The molecule has 4 aromatic rings. The number of sulfonamides is 1. The van der Waals surface area contributed by atoms with Crippen molar-refractivity contribution < 1.29 is 17.6 Å². The molecule has 0 aliphatic heterocycles. The number of carbonyl (C=O) groups is 1. The van der Waals surface area contributed by atoms with Crippen LogP contribution in [0.4, 0.5) is 10.1 Å². The van der Waals surface area contributed by atoms with Crippen LogP contribution in [0.25, 0.3) is 0 Å². The number of carbonyl (C=O) groups excluding carboxylic acids is 1. The van der Waals surface area contributed by atoms with Crippen LogP contribution in [0.5, 0.6) is 0 Å². The monoisotopic (exact) mass is 488 g/mol. The van der Waals surface area contributed by atoms with Gasteiger partial charge in [-0.3, -0.25) is 9.10 Å². The van der Waals surface area contributed by atoms with E-state index in [1.807, 2.05) is 61.5 Å². The first-order valence-electron chi connectivity index (χ1n) is 11.1. The average Bonchev–Trinajstić information content (AvgIpc) is 2.88. The van der Waals surface area contributed by atoms with Gasteiger partial charge in [0.05, 0.1) is 16.6 Å². The zero-order valence-electron chi connectivity index (χ0n) is 19.1. The Morgan fingerprint density at radius 3 is 1.94 bits per heavy atom. The van der Waals surface area contributed by atoms with Crippen molar-refractivity contribution in [3.05, 3.63) is 132 Å². The zero-order chi connectivity index (χ0) is 24.8. The smallest absolute Gasteiger partial charge is 0.264 e. The highest BCUT2D eigenvalue weighted by atomic mass is 32.2. The maximum Gasteiger partial charge on any atom is 0.264 e. The first-order chi connectivity index (χ1) is 16.8. The lowest BCUT2D eigenvalue weighted by Gasteiger charge is -2.26. The summed E-state index contributed by atoms with van der Waals surface area (Å²) in [6.07, 6.45) is 0. The first kappa shape index (κ1) is 24.2. The van der Waals surface area contributed by atoms with Crippen molar-refractivity contribution in [1.82, 2.24) is 5.32 Å². The van der Waals surface area contributed by atoms with E-state index in [9.17, 15) is 17.6 Å². The molecule has 0 saturated carbocycles. The fourth-order valence-electron chi connectivity index (χ4n) is 3.74. The van der Waals surface area contributed by atoms with Crippen LogP contribution in [0.1, 0.15) is 22.7 Å². The van der Waals surface area contributed by atoms with Crippen LogP contribution in [-0.4, -0.2) is 20.9 Å². The molecule has 1 amide bonds. The molecule has 0 aliphatic rings. The largest absolute Gasteiger partial charge is 0.344 e. The fourth-order valence-corrected chi connectivity index (χ4v) is 5.16. The van der Waals surface area contributed by atoms with Crippen LogP contribution >= 0.6 is 0 Å². The third-order valence-electron chi connectivity index (χ3n) is 5.58. The lowest BCUT2D eigenvalue weighted by molar-refractivity contribution is -0.120. The van der Waals surface area contributed by atoms with E-state index in [-0.39, 0.29) is 4.90 Å². The van der Waals surface area contributed by atoms with Crippen LogP contribution in [0, 0.1) is 12.7 Å². The number of rotatable bonds is 8. The summed E-state index contributed by atoms with van der Waals surface area (Å²) in [7, 11) is -4.13. The summed E-state index contributed by atoms with van der Waals surface area (Å²) in [6, 6.07) is 29.8. The van der Waals surface area contributed by atoms with E-state index in [1.54, 1.807) is 30.3 Å². The summed E-state index contributed by atoms with van der Waals surface area (Å²) in [5.74, 6) is -1.02. The van der Waals surface area contributed by atoms with Crippen LogP contribution in [0.15, 0.2) is 114 Å². The van der Waals surface area contributed by atoms with Gasteiger partial charge >= 0.3 is 0 Å². The van der Waals surface area contributed by atoms with E-state index in [0.29, 0.717) is 5.69 Å². The molecule has 0 aliphatic carbocycles. The Balaban J connectivity index is 1.66. The van der Waals surface area contributed by atoms with E-state index in [2.05, 4.69) is 5.32 Å². The second kappa shape index (κ2) is 10.5. The normalized spacial score (nSPS) is 12.1. The van der Waals surface area contributed by atoms with Crippen molar-refractivity contribution in [2.24, 2.45) is 0 Å². The van der Waals surface area contributed by atoms with Crippen molar-refractivity contribution in [3.63, 3.8) is 0 Å². The zero-order valence-corrected chi connectivity index (χ0v) is 20.0. The van der Waals surface area contributed by atoms with Gasteiger partial charge in [-0.1, -0.05) is 78.4 Å². The second-order valence-corrected chi connectivity index (χ2v) is 9.99. The predicted octanol–water partition coefficient (Wildman–Crippen LogP) is 5.24. The molecule has 1 N–H and O–H groups in total. The van der Waals surface area contributed by atoms with Gasteiger partial charge in [0.25, 0.3) is 10.0 Å². The highest BCUT2D eigenvalue weighted by Crippen LogP contribution is 2.25. The maximum atomic E-state index is 13.5. The Kier molecular flexibility index (Phi) is 7.27. The van der Waals surface area contributed by atoms with Gasteiger partial charge in [-0.2, -0.15) is 0 Å². The Morgan fingerprint density at radius 1 is 0.800 bits per heavy atom. The van der Waals surface area contributed by atoms with Gasteiger partial charge in [0.15, 0.2) is 0 Å². The molecule has 7 heteroatoms. The summed E-state index contributed by atoms with van der Waals surface area (Å²) < 4.78 is 41.4. The number of amides is 1. The number of anilines is 1. The van der Waals surface area contributed by atoms with Gasteiger partial charge < -0.3 is 5.32 Å². The maximum absolute atomic E-state index is 13.5. The molecule has 0 unspecified atom stereocenters. The number of halogens is 1. The fraction of sp³-hybridized carbons (Fsp3) is 0.107. The SMILES string of the molecule is Cc1ccc([C@@H](NC(=O)CN(c2ccccc2)S(=O)(=O)c2ccc(F)cc2)c2ccccc2)cc1. The predicted molar refractivity (Wildman–Crippen MR) is 135 cm³/mol. The minimum atomic E-state index is -4.13. The molecule has 0 spiro atoms. The standard InChI is InChI=1S/C28H25FN2O3S/c1-21-12-14-23(15-13-21)28(22-8-4-2-5-9-22)30-27(32)20-31(25-10-6-3-7-11-25)35(33,34)26-18-16-24(29)17-19-26/h2-19,28H,20H2,1H3,(H,30,32)/t28-/m0/s1. The highest BCUT2D eigenvalue weighted by molar-refractivity contribution is 7.92. The highest BCUT2D eigenvalue weighted by Gasteiger charge is 2.28. The van der Waals surface area contributed by atoms with Crippen LogP contribution in [0.3, 0.4) is 0 Å². The van der Waals surface area contributed by atoms with Gasteiger partial charge in [-0.05, 0) is 54.4 Å². The Hall–Kier alpha value is -3.97. The summed E-state index contributed by atoms with van der Waals surface area (Å²) >= 11 is 0. The van der Waals surface area contributed by atoms with Crippen LogP contribution in [0.2, 0.25) is 0 Å². The van der Waals surface area contributed by atoms with Crippen molar-refractivity contribution >= 4 is 21.6 Å². The third kappa shape index (κ3) is 5.75. The lowest BCUT2D eigenvalue weighted by Crippen LogP contribution is -2.42. The van der Waals surface area contributed by atoms with Crippen molar-refractivity contribution in [2.45, 2.75) is 17.9 Å². The number of para-hydroxylation sites is 1. The topological polar surface area (TPSA) is 66.5 Å². The molecule has 4 rings (SSSR count). The van der Waals surface area contributed by atoms with E-state index in [1.165, 1.54) is 12.1 Å². The number of hydrogen-bond donors (Lipinski definition) is 1.